The summed E-state index contributed by atoms with van der Waals surface area (Å²) >= 11 is 0. The summed E-state index contributed by atoms with van der Waals surface area (Å²) in [6, 6.07) is 9.19. The van der Waals surface area contributed by atoms with E-state index < -0.39 is 53.4 Å². The Morgan fingerprint density at radius 2 is 1.45 bits per heavy atom. The van der Waals surface area contributed by atoms with Crippen LogP contribution in [0, 0.1) is 0 Å². The van der Waals surface area contributed by atoms with Crippen LogP contribution in [0.15, 0.2) is 98.1 Å². The number of amides is 1. The third kappa shape index (κ3) is 7.87. The van der Waals surface area contributed by atoms with E-state index in [1.165, 1.54) is 54.6 Å². The van der Waals surface area contributed by atoms with Gasteiger partial charge in [0.05, 0.1) is 33.3 Å². The summed E-state index contributed by atoms with van der Waals surface area (Å²) in [4.78, 5) is 50.2. The highest BCUT2D eigenvalue weighted by atomic mass is 32.2. The smallest absolute Gasteiger partial charge is 0.359 e. The van der Waals surface area contributed by atoms with Crippen LogP contribution in [-0.2, 0) is 39.4 Å². The highest BCUT2D eigenvalue weighted by molar-refractivity contribution is 7.86. The van der Waals surface area contributed by atoms with Gasteiger partial charge in [0, 0.05) is 6.42 Å². The average Bonchev–Trinajstić information content (AvgIpc) is 3.51. The molecule has 1 aromatic heterocycles. The number of aromatic amines is 1. The molecule has 0 bridgehead atoms. The van der Waals surface area contributed by atoms with Gasteiger partial charge in [-0.25, -0.2) is 9.48 Å². The largest absolute Gasteiger partial charge is 0.461 e. The highest BCUT2D eigenvalue weighted by Crippen LogP contribution is 2.26. The van der Waals surface area contributed by atoms with E-state index in [-0.39, 0.29) is 47.1 Å². The van der Waals surface area contributed by atoms with E-state index in [0.717, 1.165) is 34.0 Å². The van der Waals surface area contributed by atoms with Crippen LogP contribution in [0.25, 0.3) is 11.8 Å². The lowest BCUT2D eigenvalue weighted by Crippen LogP contribution is -2.22. The topological polar surface area (TPSA) is 232 Å². The minimum Gasteiger partial charge on any atom is -0.461 e. The quantitative estimate of drug-likeness (QED) is 0.114. The van der Waals surface area contributed by atoms with Crippen molar-refractivity contribution in [1.29, 1.82) is 0 Å². The molecule has 0 saturated carbocycles. The van der Waals surface area contributed by atoms with Gasteiger partial charge < -0.3 is 9.47 Å². The maximum absolute atomic E-state index is 13.2. The zero-order chi connectivity index (χ0) is 34.5. The number of hydrogen-bond acceptors (Lipinski definition) is 11. The minimum absolute atomic E-state index is 0.00697. The Morgan fingerprint density at radius 1 is 0.872 bits per heavy atom. The second-order valence-corrected chi connectivity index (χ2v) is 12.2. The summed E-state index contributed by atoms with van der Waals surface area (Å²) < 4.78 is 75.1. The van der Waals surface area contributed by atoms with Crippen molar-refractivity contribution in [3.05, 3.63) is 94.3 Å². The molecule has 246 valence electrons. The number of H-pyrrole nitrogens is 1. The molecule has 2 aromatic carbocycles. The normalized spacial score (nSPS) is 14.7. The van der Waals surface area contributed by atoms with E-state index in [0.29, 0.717) is 0 Å². The first-order valence-electron chi connectivity index (χ1n) is 13.5. The van der Waals surface area contributed by atoms with Crippen molar-refractivity contribution in [3.8, 4) is 11.6 Å². The van der Waals surface area contributed by atoms with Crippen molar-refractivity contribution in [2.24, 2.45) is 5.10 Å². The van der Waals surface area contributed by atoms with E-state index in [9.17, 15) is 45.1 Å². The number of nitrogens with one attached hydrogen (secondary N) is 1. The Morgan fingerprint density at radius 3 is 1.98 bits per heavy atom. The maximum Gasteiger partial charge on any atom is 0.359 e. The van der Waals surface area contributed by atoms with E-state index in [4.69, 9.17) is 9.47 Å². The van der Waals surface area contributed by atoms with E-state index in [1.54, 1.807) is 13.8 Å². The highest BCUT2D eigenvalue weighted by Gasteiger charge is 2.35. The summed E-state index contributed by atoms with van der Waals surface area (Å²) in [6.07, 6.45) is 6.69. The number of carbonyl (C=O) groups is 3. The maximum atomic E-state index is 13.2. The van der Waals surface area contributed by atoms with E-state index in [1.807, 2.05) is 0 Å². The number of nitrogens with zero attached hydrogens (tertiary/aromatic N) is 3. The minimum atomic E-state index is -4.48. The predicted molar refractivity (Wildman–Crippen MR) is 166 cm³/mol. The van der Waals surface area contributed by atoms with Gasteiger partial charge in [-0.05, 0) is 67.6 Å². The van der Waals surface area contributed by atoms with Crippen LogP contribution in [0.3, 0.4) is 0 Å². The first-order chi connectivity index (χ1) is 22.1. The number of anilines is 1. The second-order valence-electron chi connectivity index (χ2n) is 9.37. The predicted octanol–water partition coefficient (Wildman–Crippen LogP) is 2.44. The molecule has 0 aliphatic carbocycles. The van der Waals surface area contributed by atoms with Crippen molar-refractivity contribution in [1.82, 2.24) is 9.78 Å². The molecular weight excluding hydrogens is 660 g/mol. The third-order valence-electron chi connectivity index (χ3n) is 6.26. The van der Waals surface area contributed by atoms with Crippen LogP contribution >= 0.6 is 0 Å². The molecule has 0 radical (unpaired) electrons. The van der Waals surface area contributed by atoms with Crippen molar-refractivity contribution in [2.45, 2.75) is 30.1 Å². The number of carbonyl (C=O) groups excluding carboxylic acids is 3. The van der Waals surface area contributed by atoms with Crippen molar-refractivity contribution >= 4 is 55.6 Å². The number of allylic oxidation sites excluding steroid dienone is 4. The molecule has 1 aliphatic rings. The molecule has 16 nitrogen and oxygen atoms in total. The summed E-state index contributed by atoms with van der Waals surface area (Å²) in [5.74, 6) is -2.50. The van der Waals surface area contributed by atoms with E-state index >= 15 is 0 Å². The first kappa shape index (κ1) is 34.4. The number of hydrazone groups is 1. The van der Waals surface area contributed by atoms with Crippen molar-refractivity contribution < 1.29 is 49.8 Å². The number of esters is 2. The molecule has 0 unspecified atom stereocenters. The Kier molecular flexibility index (Phi) is 10.2. The Balaban J connectivity index is 1.64. The van der Waals surface area contributed by atoms with Gasteiger partial charge >= 0.3 is 11.9 Å². The lowest BCUT2D eigenvalue weighted by Gasteiger charge is -2.11. The second kappa shape index (κ2) is 13.9. The Labute approximate surface area is 267 Å². The fourth-order valence-electron chi connectivity index (χ4n) is 4.01. The molecule has 0 fully saturated rings. The number of ether oxygens (including phenoxy) is 2. The van der Waals surface area contributed by atoms with Crippen LogP contribution in [0.1, 0.15) is 25.8 Å². The summed E-state index contributed by atoms with van der Waals surface area (Å²) in [5, 5.41) is 7.53. The van der Waals surface area contributed by atoms with Gasteiger partial charge in [-0.3, -0.25) is 28.6 Å². The third-order valence-corrected chi connectivity index (χ3v) is 8.00. The molecule has 18 heteroatoms. The zero-order valence-electron chi connectivity index (χ0n) is 24.6. The lowest BCUT2D eigenvalue weighted by molar-refractivity contribution is -0.135. The first-order valence-corrected chi connectivity index (χ1v) is 16.4. The van der Waals surface area contributed by atoms with Crippen molar-refractivity contribution in [2.75, 3.05) is 11.6 Å². The fraction of sp³-hybridized carbons (Fsp3) is 0.138. The Bertz CT molecular complexity index is 2120. The molecule has 1 aliphatic heterocycles. The lowest BCUT2D eigenvalue weighted by atomic mass is 10.1. The molecule has 1 amide bonds. The SMILES string of the molecule is CCOC(=O)C1=NN(c2ccc(S(=O)(=O)O)cc2)C(=O)C1=CC=CC=Cc1c(OC(=O)CC)[nH]n(-c2ccc(S(=O)(=O)O)cc2)c1=O. The van der Waals surface area contributed by atoms with Gasteiger partial charge in [0.15, 0.2) is 5.71 Å². The zero-order valence-corrected chi connectivity index (χ0v) is 26.2. The van der Waals surface area contributed by atoms with Gasteiger partial charge in [0.1, 0.15) is 5.56 Å². The van der Waals surface area contributed by atoms with Crippen LogP contribution in [-0.4, -0.2) is 65.9 Å². The molecule has 47 heavy (non-hydrogen) atoms. The van der Waals surface area contributed by atoms with E-state index in [2.05, 4.69) is 10.2 Å². The summed E-state index contributed by atoms with van der Waals surface area (Å²) in [5.41, 5.74) is -0.993. The van der Waals surface area contributed by atoms with Crippen LogP contribution in [0.2, 0.25) is 0 Å². The molecular formula is C29H26N4O12S2. The number of hydrogen-bond donors (Lipinski definition) is 3. The number of benzene rings is 2. The fourth-order valence-corrected chi connectivity index (χ4v) is 4.97. The molecule has 0 atom stereocenters. The molecule has 3 N–H and O–H groups in total. The van der Waals surface area contributed by atoms with Crippen LogP contribution in [0.4, 0.5) is 5.69 Å². The number of rotatable bonds is 11. The van der Waals surface area contributed by atoms with Gasteiger partial charge in [0.2, 0.25) is 5.88 Å². The van der Waals surface area contributed by atoms with Crippen LogP contribution < -0.4 is 15.3 Å². The summed E-state index contributed by atoms with van der Waals surface area (Å²) in [6.45, 7) is 3.10. The van der Waals surface area contributed by atoms with Crippen molar-refractivity contribution in [3.63, 3.8) is 0 Å². The molecule has 3 aromatic rings. The monoisotopic (exact) mass is 686 g/mol. The molecule has 4 rings (SSSR count). The average molecular weight is 687 g/mol. The standard InChI is InChI=1S/C29H26N4O12S2/c1-3-24(34)45-26-23(28(36)33(31-26)19-12-16-21(17-13-19)47(41,42)43)9-7-5-6-8-22-25(29(37)44-4-2)30-32(27(22)35)18-10-14-20(15-11-18)46(38,39)40/h5-17,31H,3-4H2,1-2H3,(H,38,39,40)(H,41,42,43). The van der Waals surface area contributed by atoms with Gasteiger partial charge in [0.25, 0.3) is 31.7 Å². The van der Waals surface area contributed by atoms with Gasteiger partial charge in [-0.15, -0.1) is 0 Å². The number of aromatic nitrogens is 2. The van der Waals surface area contributed by atoms with Gasteiger partial charge in [-0.2, -0.15) is 26.9 Å². The van der Waals surface area contributed by atoms with Crippen LogP contribution in [0.5, 0.6) is 5.88 Å². The Hall–Kier alpha value is -5.43. The molecule has 0 spiro atoms. The molecule has 0 saturated heterocycles. The molecule has 2 heterocycles. The van der Waals surface area contributed by atoms with Gasteiger partial charge in [-0.1, -0.05) is 25.2 Å². The summed E-state index contributed by atoms with van der Waals surface area (Å²) in [7, 11) is -8.96.